The van der Waals surface area contributed by atoms with Crippen molar-refractivity contribution in [3.05, 3.63) is 81.9 Å². The Kier molecular flexibility index (Phi) is 3.25. The van der Waals surface area contributed by atoms with Crippen molar-refractivity contribution in [3.8, 4) is 0 Å². The van der Waals surface area contributed by atoms with Crippen molar-refractivity contribution in [2.45, 2.75) is 6.42 Å². The quantitative estimate of drug-likeness (QED) is 0.837. The molecule has 0 unspecified atom stereocenters. The third kappa shape index (κ3) is 2.30. The van der Waals surface area contributed by atoms with Crippen LogP contribution in [-0.2, 0) is 6.42 Å². The average molecular weight is 283 g/mol. The lowest BCUT2D eigenvalue weighted by atomic mass is 9.87. The maximum Gasteiger partial charge on any atom is 0.190 e. The monoisotopic (exact) mass is 282 g/mol. The summed E-state index contributed by atoms with van der Waals surface area (Å²) < 4.78 is 0. The van der Waals surface area contributed by atoms with E-state index in [0.29, 0.717) is 28.1 Å². The zero-order valence-corrected chi connectivity index (χ0v) is 11.4. The minimum Gasteiger partial charge on any atom is -0.289 e. The lowest BCUT2D eigenvalue weighted by Crippen LogP contribution is -2.18. The summed E-state index contributed by atoms with van der Waals surface area (Å²) in [5.74, 6) is -0.197. The molecule has 2 aromatic rings. The molecule has 98 valence electrons. The van der Waals surface area contributed by atoms with E-state index in [1.54, 1.807) is 36.4 Å². The van der Waals surface area contributed by atoms with Crippen LogP contribution >= 0.6 is 11.6 Å². The number of allylic oxidation sites excluding steroid dienone is 2. The second-order valence-electron chi connectivity index (χ2n) is 4.72. The highest BCUT2D eigenvalue weighted by Crippen LogP contribution is 2.24. The Morgan fingerprint density at radius 3 is 2.40 bits per heavy atom. The Bertz CT molecular complexity index is 744. The van der Waals surface area contributed by atoms with Crippen LogP contribution < -0.4 is 0 Å². The normalized spacial score (nSPS) is 13.9. The van der Waals surface area contributed by atoms with Gasteiger partial charge in [0.2, 0.25) is 0 Å². The first-order valence-corrected chi connectivity index (χ1v) is 6.66. The number of hydrogen-bond acceptors (Lipinski definition) is 2. The second kappa shape index (κ2) is 5.06. The second-order valence-corrected chi connectivity index (χ2v) is 5.15. The number of halogens is 1. The molecule has 0 saturated carbocycles. The first kappa shape index (κ1) is 12.8. The molecular weight excluding hydrogens is 272 g/mol. The number of carbonyl (C=O) groups excluding carboxylic acids is 2. The summed E-state index contributed by atoms with van der Waals surface area (Å²) in [5, 5.41) is 0.623. The van der Waals surface area contributed by atoms with Crippen LogP contribution in [0.2, 0.25) is 5.02 Å². The van der Waals surface area contributed by atoms with Gasteiger partial charge in [0.25, 0.3) is 0 Å². The third-order valence-electron chi connectivity index (χ3n) is 3.32. The van der Waals surface area contributed by atoms with Crippen LogP contribution in [0.4, 0.5) is 0 Å². The Balaban J connectivity index is 1.96. The van der Waals surface area contributed by atoms with Gasteiger partial charge >= 0.3 is 0 Å². The summed E-state index contributed by atoms with van der Waals surface area (Å²) in [6, 6.07) is 14.2. The standard InChI is InChI=1S/C17H11ClO2/c18-13-5-3-4-11(9-13)8-12-10-16(19)14-6-1-2-7-15(14)17(12)20/h1-7,9-10H,8H2. The smallest absolute Gasteiger partial charge is 0.190 e. The van der Waals surface area contributed by atoms with E-state index < -0.39 is 0 Å². The van der Waals surface area contributed by atoms with Gasteiger partial charge in [-0.05, 0) is 23.8 Å². The fourth-order valence-electron chi connectivity index (χ4n) is 2.37. The molecule has 0 saturated heterocycles. The predicted octanol–water partition coefficient (Wildman–Crippen LogP) is 3.89. The molecule has 2 nitrogen and oxygen atoms in total. The van der Waals surface area contributed by atoms with E-state index in [0.717, 1.165) is 5.56 Å². The Labute approximate surface area is 121 Å². The van der Waals surface area contributed by atoms with Crippen molar-refractivity contribution in [2.24, 2.45) is 0 Å². The first-order chi connectivity index (χ1) is 9.65. The summed E-state index contributed by atoms with van der Waals surface area (Å²) in [6.45, 7) is 0. The number of ketones is 2. The molecule has 20 heavy (non-hydrogen) atoms. The molecule has 0 aliphatic heterocycles. The summed E-state index contributed by atoms with van der Waals surface area (Å²) >= 11 is 5.94. The predicted molar refractivity (Wildman–Crippen MR) is 78.3 cm³/mol. The highest BCUT2D eigenvalue weighted by molar-refractivity contribution is 6.30. The van der Waals surface area contributed by atoms with Gasteiger partial charge in [0, 0.05) is 28.1 Å². The van der Waals surface area contributed by atoms with Crippen molar-refractivity contribution in [1.82, 2.24) is 0 Å². The van der Waals surface area contributed by atoms with E-state index in [2.05, 4.69) is 0 Å². The van der Waals surface area contributed by atoms with Crippen LogP contribution in [0.15, 0.2) is 60.2 Å². The summed E-state index contributed by atoms with van der Waals surface area (Å²) in [6.07, 6.45) is 1.85. The van der Waals surface area contributed by atoms with Crippen LogP contribution in [0.1, 0.15) is 26.3 Å². The van der Waals surface area contributed by atoms with Gasteiger partial charge in [0.1, 0.15) is 0 Å². The van der Waals surface area contributed by atoms with Crippen LogP contribution in [0.3, 0.4) is 0 Å². The first-order valence-electron chi connectivity index (χ1n) is 6.28. The maximum atomic E-state index is 12.4. The Morgan fingerprint density at radius 2 is 1.65 bits per heavy atom. The van der Waals surface area contributed by atoms with Gasteiger partial charge in [0.15, 0.2) is 11.6 Å². The molecule has 1 aliphatic carbocycles. The van der Waals surface area contributed by atoms with Crippen molar-refractivity contribution in [2.75, 3.05) is 0 Å². The lowest BCUT2D eigenvalue weighted by molar-refractivity contribution is 0.0982. The molecule has 0 spiro atoms. The summed E-state index contributed by atoms with van der Waals surface area (Å²) in [5.41, 5.74) is 2.39. The number of carbonyl (C=O) groups is 2. The van der Waals surface area contributed by atoms with E-state index in [-0.39, 0.29) is 11.6 Å². The van der Waals surface area contributed by atoms with Gasteiger partial charge in [-0.1, -0.05) is 48.0 Å². The van der Waals surface area contributed by atoms with Gasteiger partial charge in [0.05, 0.1) is 0 Å². The SMILES string of the molecule is O=C1C=C(Cc2cccc(Cl)c2)C(=O)c2ccccc21. The van der Waals surface area contributed by atoms with E-state index in [9.17, 15) is 9.59 Å². The molecule has 0 atom stereocenters. The minimum atomic E-state index is -0.114. The number of hydrogen-bond donors (Lipinski definition) is 0. The Hall–Kier alpha value is -2.19. The van der Waals surface area contributed by atoms with Gasteiger partial charge < -0.3 is 0 Å². The van der Waals surface area contributed by atoms with Crippen LogP contribution in [0, 0.1) is 0 Å². The molecule has 2 aromatic carbocycles. The molecule has 3 rings (SSSR count). The number of fused-ring (bicyclic) bond motifs is 1. The Morgan fingerprint density at radius 1 is 0.900 bits per heavy atom. The van der Waals surface area contributed by atoms with Crippen molar-refractivity contribution in [1.29, 1.82) is 0 Å². The molecule has 0 fully saturated rings. The van der Waals surface area contributed by atoms with Gasteiger partial charge in [-0.3, -0.25) is 9.59 Å². The largest absolute Gasteiger partial charge is 0.289 e. The van der Waals surface area contributed by atoms with Gasteiger partial charge in [-0.2, -0.15) is 0 Å². The summed E-state index contributed by atoms with van der Waals surface area (Å²) in [4.78, 5) is 24.4. The van der Waals surface area contributed by atoms with Crippen molar-refractivity contribution in [3.63, 3.8) is 0 Å². The maximum absolute atomic E-state index is 12.4. The molecule has 3 heteroatoms. The molecule has 0 radical (unpaired) electrons. The van der Waals surface area contributed by atoms with Gasteiger partial charge in [-0.25, -0.2) is 0 Å². The average Bonchev–Trinajstić information content (AvgIpc) is 2.45. The fourth-order valence-corrected chi connectivity index (χ4v) is 2.58. The molecule has 0 heterocycles. The number of rotatable bonds is 2. The zero-order chi connectivity index (χ0) is 14.1. The minimum absolute atomic E-state index is 0.0832. The third-order valence-corrected chi connectivity index (χ3v) is 3.55. The molecule has 0 bridgehead atoms. The van der Waals surface area contributed by atoms with Gasteiger partial charge in [-0.15, -0.1) is 0 Å². The van der Waals surface area contributed by atoms with E-state index >= 15 is 0 Å². The lowest BCUT2D eigenvalue weighted by Gasteiger charge is -2.15. The highest BCUT2D eigenvalue weighted by Gasteiger charge is 2.24. The fraction of sp³-hybridized carbons (Fsp3) is 0.0588. The zero-order valence-electron chi connectivity index (χ0n) is 10.6. The number of benzene rings is 2. The number of Topliss-reactive ketones (excluding diaryl/α,β-unsaturated/α-hetero) is 1. The van der Waals surface area contributed by atoms with Crippen molar-refractivity contribution >= 4 is 23.2 Å². The van der Waals surface area contributed by atoms with E-state index in [1.807, 2.05) is 12.1 Å². The van der Waals surface area contributed by atoms with Crippen molar-refractivity contribution < 1.29 is 9.59 Å². The van der Waals surface area contributed by atoms with Crippen LogP contribution in [0.5, 0.6) is 0 Å². The molecule has 0 N–H and O–H groups in total. The molecule has 1 aliphatic rings. The topological polar surface area (TPSA) is 34.1 Å². The molecule has 0 aromatic heterocycles. The van der Waals surface area contributed by atoms with Crippen LogP contribution in [0.25, 0.3) is 0 Å². The summed E-state index contributed by atoms with van der Waals surface area (Å²) in [7, 11) is 0. The van der Waals surface area contributed by atoms with Crippen LogP contribution in [-0.4, -0.2) is 11.6 Å². The molecular formula is C17H11ClO2. The highest BCUT2D eigenvalue weighted by atomic mass is 35.5. The van der Waals surface area contributed by atoms with E-state index in [1.165, 1.54) is 6.08 Å². The molecule has 0 amide bonds. The van der Waals surface area contributed by atoms with E-state index in [4.69, 9.17) is 11.6 Å².